The fourth-order valence-electron chi connectivity index (χ4n) is 2.62. The highest BCUT2D eigenvalue weighted by Crippen LogP contribution is 2.20. The number of rotatable bonds is 4. The number of nitriles is 1. The highest BCUT2D eigenvalue weighted by Gasteiger charge is 2.17. The van der Waals surface area contributed by atoms with Crippen LogP contribution in [0.1, 0.15) is 12.1 Å². The summed E-state index contributed by atoms with van der Waals surface area (Å²) in [5.74, 6) is 0.597. The highest BCUT2D eigenvalue weighted by atomic mass is 16.5. The Morgan fingerprint density at radius 3 is 2.96 bits per heavy atom. The van der Waals surface area contributed by atoms with E-state index in [4.69, 9.17) is 9.78 Å². The zero-order valence-corrected chi connectivity index (χ0v) is 13.5. The molecule has 0 radical (unpaired) electrons. The number of nitrogens with zero attached hydrogens (tertiary/aromatic N) is 4. The molecule has 0 N–H and O–H groups in total. The number of likely N-dealkylation sites (tertiary alicyclic amines) is 1. The smallest absolute Gasteiger partial charge is 0.246 e. The van der Waals surface area contributed by atoms with Crippen LogP contribution in [0.3, 0.4) is 0 Å². The first-order valence-corrected chi connectivity index (χ1v) is 7.76. The van der Waals surface area contributed by atoms with Crippen LogP contribution in [0.15, 0.2) is 52.6 Å². The lowest BCUT2D eigenvalue weighted by molar-refractivity contribution is -0.125. The first-order chi connectivity index (χ1) is 11.7. The van der Waals surface area contributed by atoms with Crippen LogP contribution in [-0.4, -0.2) is 41.0 Å². The van der Waals surface area contributed by atoms with Gasteiger partial charge in [-0.05, 0) is 12.0 Å². The van der Waals surface area contributed by atoms with Gasteiger partial charge in [0.05, 0.1) is 6.54 Å². The Kier molecular flexibility index (Phi) is 4.62. The summed E-state index contributed by atoms with van der Waals surface area (Å²) in [7, 11) is 1.73. The van der Waals surface area contributed by atoms with Gasteiger partial charge in [0.15, 0.2) is 12.0 Å². The average Bonchev–Trinajstić information content (AvgIpc) is 3.25. The van der Waals surface area contributed by atoms with Gasteiger partial charge in [-0.1, -0.05) is 35.5 Å². The van der Waals surface area contributed by atoms with Crippen molar-refractivity contribution in [3.63, 3.8) is 0 Å². The van der Waals surface area contributed by atoms with Gasteiger partial charge in [0.2, 0.25) is 5.91 Å². The van der Waals surface area contributed by atoms with Gasteiger partial charge in [-0.2, -0.15) is 5.26 Å². The molecular weight excluding hydrogens is 304 g/mol. The maximum Gasteiger partial charge on any atom is 0.246 e. The summed E-state index contributed by atoms with van der Waals surface area (Å²) >= 11 is 0. The third kappa shape index (κ3) is 3.63. The van der Waals surface area contributed by atoms with E-state index in [1.165, 1.54) is 0 Å². The minimum absolute atomic E-state index is 0.0888. The quantitative estimate of drug-likeness (QED) is 0.638. The Bertz CT molecular complexity index is 789. The molecule has 0 saturated carbocycles. The molecular formula is C18H18N4O2. The highest BCUT2D eigenvalue weighted by molar-refractivity contribution is 5.88. The number of carbonyl (C=O) groups is 1. The van der Waals surface area contributed by atoms with Crippen molar-refractivity contribution in [3.8, 4) is 17.5 Å². The van der Waals surface area contributed by atoms with Crippen molar-refractivity contribution in [3.05, 3.63) is 53.7 Å². The fraction of sp³-hybridized carbons (Fsp3) is 0.278. The molecule has 1 aromatic carbocycles. The Hall–Kier alpha value is -3.07. The van der Waals surface area contributed by atoms with Crippen LogP contribution in [0, 0.1) is 11.5 Å². The molecule has 1 amide bonds. The predicted molar refractivity (Wildman–Crippen MR) is 88.3 cm³/mol. The van der Waals surface area contributed by atoms with Crippen LogP contribution >= 0.6 is 0 Å². The number of hydrogen-bond acceptors (Lipinski definition) is 5. The van der Waals surface area contributed by atoms with Gasteiger partial charge in [0.1, 0.15) is 5.69 Å². The van der Waals surface area contributed by atoms with Crippen LogP contribution in [0.5, 0.6) is 0 Å². The number of aromatic nitrogens is 1. The normalized spacial score (nSPS) is 15.5. The van der Waals surface area contributed by atoms with E-state index in [9.17, 15) is 4.79 Å². The Morgan fingerprint density at radius 2 is 2.25 bits per heavy atom. The summed E-state index contributed by atoms with van der Waals surface area (Å²) in [6.07, 6.45) is 4.48. The lowest BCUT2D eigenvalue weighted by atomic mass is 10.1. The molecule has 0 aliphatic carbocycles. The summed E-state index contributed by atoms with van der Waals surface area (Å²) in [5.41, 5.74) is 2.64. The topological polar surface area (TPSA) is 73.4 Å². The zero-order chi connectivity index (χ0) is 16.9. The molecule has 0 bridgehead atoms. The summed E-state index contributed by atoms with van der Waals surface area (Å²) in [6.45, 7) is 1.60. The number of benzene rings is 1. The standard InChI is InChI=1S/C18H18N4O2/c1-21(18(23)9-14-7-8-22(11-14)13-19)12-16-10-17(24-20-16)15-5-3-2-4-6-15/h2-6,9-10H,7-8,11-12H2,1H3/b14-9-. The monoisotopic (exact) mass is 322 g/mol. The van der Waals surface area contributed by atoms with Crippen LogP contribution < -0.4 is 0 Å². The molecule has 2 aromatic rings. The van der Waals surface area contributed by atoms with Crippen molar-refractivity contribution < 1.29 is 9.32 Å². The molecule has 1 aromatic heterocycles. The predicted octanol–water partition coefficient (Wildman–Crippen LogP) is 2.41. The van der Waals surface area contributed by atoms with Gasteiger partial charge < -0.3 is 14.3 Å². The molecule has 122 valence electrons. The maximum absolute atomic E-state index is 12.3. The molecule has 1 saturated heterocycles. The molecule has 0 spiro atoms. The fourth-order valence-corrected chi connectivity index (χ4v) is 2.62. The minimum atomic E-state index is -0.0888. The van der Waals surface area contributed by atoms with E-state index >= 15 is 0 Å². The van der Waals surface area contributed by atoms with Crippen LogP contribution in [0.2, 0.25) is 0 Å². The number of hydrogen-bond donors (Lipinski definition) is 0. The van der Waals surface area contributed by atoms with Crippen molar-refractivity contribution >= 4 is 5.91 Å². The zero-order valence-electron chi connectivity index (χ0n) is 13.5. The van der Waals surface area contributed by atoms with E-state index < -0.39 is 0 Å². The molecule has 1 aliphatic heterocycles. The lowest BCUT2D eigenvalue weighted by Gasteiger charge is -2.13. The lowest BCUT2D eigenvalue weighted by Crippen LogP contribution is -2.25. The third-order valence-electron chi connectivity index (χ3n) is 3.96. The van der Waals surface area contributed by atoms with E-state index in [1.807, 2.05) is 36.4 Å². The van der Waals surface area contributed by atoms with Crippen molar-refractivity contribution in [2.24, 2.45) is 0 Å². The Morgan fingerprint density at radius 1 is 1.46 bits per heavy atom. The molecule has 3 rings (SSSR count). The van der Waals surface area contributed by atoms with Crippen molar-refractivity contribution in [1.29, 1.82) is 5.26 Å². The number of amides is 1. The molecule has 24 heavy (non-hydrogen) atoms. The molecule has 6 nitrogen and oxygen atoms in total. The van der Waals surface area contributed by atoms with E-state index in [1.54, 1.807) is 22.9 Å². The first kappa shape index (κ1) is 15.8. The Labute approximate surface area is 140 Å². The summed E-state index contributed by atoms with van der Waals surface area (Å²) in [6, 6.07) is 11.6. The van der Waals surface area contributed by atoms with E-state index in [-0.39, 0.29) is 5.91 Å². The van der Waals surface area contributed by atoms with Gasteiger partial charge in [0.25, 0.3) is 0 Å². The van der Waals surface area contributed by atoms with Crippen molar-refractivity contribution in [2.45, 2.75) is 13.0 Å². The Balaban J connectivity index is 1.62. The molecule has 0 unspecified atom stereocenters. The molecule has 1 fully saturated rings. The van der Waals surface area contributed by atoms with Crippen LogP contribution in [-0.2, 0) is 11.3 Å². The molecule has 1 aliphatic rings. The van der Waals surface area contributed by atoms with Gasteiger partial charge in [-0.3, -0.25) is 4.79 Å². The minimum Gasteiger partial charge on any atom is -0.356 e. The average molecular weight is 322 g/mol. The van der Waals surface area contributed by atoms with Crippen LogP contribution in [0.4, 0.5) is 0 Å². The van der Waals surface area contributed by atoms with E-state index in [2.05, 4.69) is 11.3 Å². The summed E-state index contributed by atoms with van der Waals surface area (Å²) in [4.78, 5) is 15.5. The van der Waals surface area contributed by atoms with Gasteiger partial charge in [0, 0.05) is 37.8 Å². The van der Waals surface area contributed by atoms with Crippen molar-refractivity contribution in [2.75, 3.05) is 20.1 Å². The third-order valence-corrected chi connectivity index (χ3v) is 3.96. The second kappa shape index (κ2) is 7.01. The van der Waals surface area contributed by atoms with Gasteiger partial charge >= 0.3 is 0 Å². The van der Waals surface area contributed by atoms with Gasteiger partial charge in [-0.25, -0.2) is 0 Å². The van der Waals surface area contributed by atoms with Gasteiger partial charge in [-0.15, -0.1) is 0 Å². The molecule has 0 atom stereocenters. The first-order valence-electron chi connectivity index (χ1n) is 7.76. The second-order valence-electron chi connectivity index (χ2n) is 5.82. The summed E-state index contributed by atoms with van der Waals surface area (Å²) < 4.78 is 5.35. The van der Waals surface area contributed by atoms with Crippen molar-refractivity contribution in [1.82, 2.24) is 15.0 Å². The SMILES string of the molecule is CN(Cc1cc(-c2ccccc2)on1)C(=O)/C=C1/CCN(C#N)C1. The van der Waals surface area contributed by atoms with E-state index in [0.717, 1.165) is 17.6 Å². The number of likely N-dealkylation sites (N-methyl/N-ethyl adjacent to an activating group) is 1. The maximum atomic E-state index is 12.3. The van der Waals surface area contributed by atoms with E-state index in [0.29, 0.717) is 31.1 Å². The molecule has 2 heterocycles. The second-order valence-corrected chi connectivity index (χ2v) is 5.82. The summed E-state index contributed by atoms with van der Waals surface area (Å²) in [5, 5.41) is 12.9. The molecule has 6 heteroatoms. The van der Waals surface area contributed by atoms with Crippen LogP contribution in [0.25, 0.3) is 11.3 Å². The number of carbonyl (C=O) groups excluding carboxylic acids is 1. The largest absolute Gasteiger partial charge is 0.356 e.